The maximum absolute atomic E-state index is 12.3. The molecule has 2 aliphatic heterocycles. The fourth-order valence-corrected chi connectivity index (χ4v) is 4.90. The highest BCUT2D eigenvalue weighted by molar-refractivity contribution is 9.10. The normalized spacial score (nSPS) is 19.8. The molecule has 1 saturated heterocycles. The van der Waals surface area contributed by atoms with E-state index in [1.807, 2.05) is 36.4 Å². The topological polar surface area (TPSA) is 40.6 Å². The van der Waals surface area contributed by atoms with Gasteiger partial charge in [-0.05, 0) is 41.9 Å². The molecule has 0 unspecified atom stereocenters. The molecule has 4 nitrogen and oxygen atoms in total. The van der Waals surface area contributed by atoms with Crippen LogP contribution in [0.15, 0.2) is 40.9 Å². The summed E-state index contributed by atoms with van der Waals surface area (Å²) in [4.78, 5) is 28.2. The van der Waals surface area contributed by atoms with E-state index >= 15 is 0 Å². The van der Waals surface area contributed by atoms with Crippen LogP contribution in [0.5, 0.6) is 0 Å². The largest absolute Gasteiger partial charge is 0.301 e. The van der Waals surface area contributed by atoms with Gasteiger partial charge in [0.15, 0.2) is 0 Å². The number of anilines is 1. The second-order valence-electron chi connectivity index (χ2n) is 6.89. The van der Waals surface area contributed by atoms with E-state index in [1.165, 1.54) is 10.5 Å². The van der Waals surface area contributed by atoms with Crippen LogP contribution in [0.3, 0.4) is 0 Å². The Morgan fingerprint density at radius 3 is 2.44 bits per heavy atom. The number of imide groups is 1. The highest BCUT2D eigenvalue weighted by Crippen LogP contribution is 2.42. The molecule has 0 radical (unpaired) electrons. The molecule has 27 heavy (non-hydrogen) atoms. The van der Waals surface area contributed by atoms with Crippen LogP contribution in [0.2, 0.25) is 5.02 Å². The van der Waals surface area contributed by atoms with Crippen molar-refractivity contribution >= 4 is 57.4 Å². The number of hydrogen-bond donors (Lipinski definition) is 0. The molecular weight excluding hydrogens is 451 g/mol. The molecule has 7 heteroatoms. The van der Waals surface area contributed by atoms with Crippen LogP contribution >= 0.6 is 39.9 Å². The number of fused-ring (bicyclic) bond motifs is 1. The van der Waals surface area contributed by atoms with E-state index in [9.17, 15) is 9.59 Å². The van der Waals surface area contributed by atoms with E-state index in [2.05, 4.69) is 27.9 Å². The lowest BCUT2D eigenvalue weighted by atomic mass is 9.84. The Kier molecular flexibility index (Phi) is 5.96. The summed E-state index contributed by atoms with van der Waals surface area (Å²) in [6.45, 7) is 1.63. The molecule has 2 amide bonds. The average Bonchev–Trinajstić information content (AvgIpc) is 2.93. The smallest absolute Gasteiger partial charge is 0.234 e. The first-order valence-electron chi connectivity index (χ1n) is 8.57. The quantitative estimate of drug-likeness (QED) is 0.595. The predicted molar refractivity (Wildman–Crippen MR) is 113 cm³/mol. The Morgan fingerprint density at radius 2 is 1.74 bits per heavy atom. The minimum absolute atomic E-state index is 0. The van der Waals surface area contributed by atoms with Crippen molar-refractivity contribution in [3.05, 3.63) is 62.6 Å². The third kappa shape index (κ3) is 3.66. The third-order valence-electron chi connectivity index (χ3n) is 5.10. The van der Waals surface area contributed by atoms with E-state index in [-0.39, 0.29) is 43.0 Å². The van der Waals surface area contributed by atoms with Crippen LogP contribution < -0.4 is 4.90 Å². The molecule has 2 aromatic rings. The molecule has 1 fully saturated rings. The molecule has 0 N–H and O–H groups in total. The Hall–Kier alpha value is -1.40. The average molecular weight is 470 g/mol. The summed E-state index contributed by atoms with van der Waals surface area (Å²) < 4.78 is 0.988. The van der Waals surface area contributed by atoms with Crippen LogP contribution in [0.1, 0.15) is 35.4 Å². The third-order valence-corrected chi connectivity index (χ3v) is 6.02. The Balaban J connectivity index is 0.00000210. The second-order valence-corrected chi connectivity index (χ2v) is 8.18. The highest BCUT2D eigenvalue weighted by Gasteiger charge is 2.35. The van der Waals surface area contributed by atoms with E-state index < -0.39 is 0 Å². The van der Waals surface area contributed by atoms with Gasteiger partial charge in [-0.15, -0.1) is 12.4 Å². The van der Waals surface area contributed by atoms with Gasteiger partial charge in [0.25, 0.3) is 0 Å². The van der Waals surface area contributed by atoms with Crippen molar-refractivity contribution in [3.63, 3.8) is 0 Å². The number of amides is 2. The minimum Gasteiger partial charge on any atom is -0.301 e. The van der Waals surface area contributed by atoms with Crippen LogP contribution in [-0.4, -0.2) is 30.3 Å². The van der Waals surface area contributed by atoms with Gasteiger partial charge in [-0.1, -0.05) is 45.7 Å². The van der Waals surface area contributed by atoms with Gasteiger partial charge in [0.05, 0.1) is 5.69 Å². The molecular formula is C20H19BrCl2N2O2. The van der Waals surface area contributed by atoms with Crippen LogP contribution in [-0.2, 0) is 16.1 Å². The Labute approximate surface area is 178 Å². The van der Waals surface area contributed by atoms with Gasteiger partial charge in [0, 0.05) is 41.3 Å². The SMILES string of the molecule is CN1Cc2c(Br)cc(Cl)cc2[C@H](c2ccccc2N2C(=O)CCC2=O)C1.Cl. The number of carbonyl (C=O) groups excluding carboxylic acids is 2. The molecule has 0 saturated carbocycles. The number of likely N-dealkylation sites (N-methyl/N-ethyl adjacent to an activating group) is 1. The van der Waals surface area contributed by atoms with E-state index in [4.69, 9.17) is 11.6 Å². The first-order chi connectivity index (χ1) is 12.5. The summed E-state index contributed by atoms with van der Waals surface area (Å²) in [5.41, 5.74) is 4.02. The van der Waals surface area contributed by atoms with Crippen molar-refractivity contribution in [1.82, 2.24) is 4.90 Å². The summed E-state index contributed by atoms with van der Waals surface area (Å²) in [5.74, 6) is -0.214. The van der Waals surface area contributed by atoms with Crippen LogP contribution in [0, 0.1) is 0 Å². The molecule has 0 aromatic heterocycles. The summed E-state index contributed by atoms with van der Waals surface area (Å²) in [5, 5.41) is 0.677. The first-order valence-corrected chi connectivity index (χ1v) is 9.74. The molecule has 1 atom stereocenters. The van der Waals surface area contributed by atoms with Crippen molar-refractivity contribution in [3.8, 4) is 0 Å². The maximum atomic E-state index is 12.3. The lowest BCUT2D eigenvalue weighted by Gasteiger charge is -2.35. The Morgan fingerprint density at radius 1 is 1.07 bits per heavy atom. The lowest BCUT2D eigenvalue weighted by molar-refractivity contribution is -0.121. The maximum Gasteiger partial charge on any atom is 0.234 e. The van der Waals surface area contributed by atoms with Crippen molar-refractivity contribution in [2.45, 2.75) is 25.3 Å². The molecule has 2 aromatic carbocycles. The number of benzene rings is 2. The van der Waals surface area contributed by atoms with Crippen LogP contribution in [0.4, 0.5) is 5.69 Å². The van der Waals surface area contributed by atoms with Crippen molar-refractivity contribution in [1.29, 1.82) is 0 Å². The highest BCUT2D eigenvalue weighted by atomic mass is 79.9. The second kappa shape index (κ2) is 7.92. The van der Waals surface area contributed by atoms with Gasteiger partial charge >= 0.3 is 0 Å². The number of hydrogen-bond acceptors (Lipinski definition) is 3. The van der Waals surface area contributed by atoms with Crippen molar-refractivity contribution < 1.29 is 9.59 Å². The molecule has 2 heterocycles. The van der Waals surface area contributed by atoms with Gasteiger partial charge in [-0.3, -0.25) is 14.5 Å². The number of para-hydroxylation sites is 1. The van der Waals surface area contributed by atoms with E-state index in [0.29, 0.717) is 10.7 Å². The number of carbonyl (C=O) groups is 2. The molecule has 4 rings (SSSR count). The van der Waals surface area contributed by atoms with Gasteiger partial charge < -0.3 is 4.90 Å². The van der Waals surface area contributed by atoms with Crippen molar-refractivity contribution in [2.24, 2.45) is 0 Å². The lowest BCUT2D eigenvalue weighted by Crippen LogP contribution is -2.34. The number of halogens is 3. The van der Waals surface area contributed by atoms with E-state index in [0.717, 1.165) is 28.7 Å². The van der Waals surface area contributed by atoms with Gasteiger partial charge in [0.1, 0.15) is 0 Å². The fraction of sp³-hybridized carbons (Fsp3) is 0.300. The van der Waals surface area contributed by atoms with Crippen molar-refractivity contribution in [2.75, 3.05) is 18.5 Å². The Bertz CT molecular complexity index is 903. The molecule has 2 aliphatic rings. The monoisotopic (exact) mass is 468 g/mol. The van der Waals surface area contributed by atoms with E-state index in [1.54, 1.807) is 0 Å². The summed E-state index contributed by atoms with van der Waals surface area (Å²) in [6.07, 6.45) is 0.567. The summed E-state index contributed by atoms with van der Waals surface area (Å²) >= 11 is 9.96. The van der Waals surface area contributed by atoms with Gasteiger partial charge in [0.2, 0.25) is 11.8 Å². The predicted octanol–water partition coefficient (Wildman–Crippen LogP) is 4.76. The standard InChI is InChI=1S/C20H18BrClN2O2.ClH/c1-23-10-15(14-8-12(22)9-17(21)16(14)11-23)13-4-2-3-5-18(13)24-19(25)6-7-20(24)26;/h2-5,8-9,15H,6-7,10-11H2,1H3;1H/t15-;/m0./s1. The zero-order chi connectivity index (χ0) is 18.4. The molecule has 0 spiro atoms. The summed E-state index contributed by atoms with van der Waals surface area (Å²) in [7, 11) is 2.08. The molecule has 0 bridgehead atoms. The summed E-state index contributed by atoms with van der Waals surface area (Å²) in [6, 6.07) is 11.6. The minimum atomic E-state index is -0.126. The number of nitrogens with zero attached hydrogens (tertiary/aromatic N) is 2. The number of rotatable bonds is 2. The van der Waals surface area contributed by atoms with Crippen LogP contribution in [0.25, 0.3) is 0 Å². The fourth-order valence-electron chi connectivity index (χ4n) is 3.94. The van der Waals surface area contributed by atoms with Gasteiger partial charge in [-0.25, -0.2) is 0 Å². The van der Waals surface area contributed by atoms with Gasteiger partial charge in [-0.2, -0.15) is 0 Å². The molecule has 142 valence electrons. The first kappa shape index (κ1) is 20.3. The zero-order valence-electron chi connectivity index (χ0n) is 14.7. The molecule has 0 aliphatic carbocycles. The zero-order valence-corrected chi connectivity index (χ0v) is 17.9.